The maximum atomic E-state index is 2.50. The molecule has 10 aromatic rings. The molecule has 1 heteroatoms. The van der Waals surface area contributed by atoms with Gasteiger partial charge in [0.1, 0.15) is 0 Å². The minimum atomic E-state index is -0.128. The van der Waals surface area contributed by atoms with Crippen molar-refractivity contribution < 1.29 is 0 Å². The Kier molecular flexibility index (Phi) is 7.91. The lowest BCUT2D eigenvalue weighted by atomic mass is 9.79. The van der Waals surface area contributed by atoms with Crippen molar-refractivity contribution in [2.24, 2.45) is 0 Å². The number of anilines is 3. The summed E-state index contributed by atoms with van der Waals surface area (Å²) >= 11 is 0. The van der Waals surface area contributed by atoms with E-state index in [4.69, 9.17) is 0 Å². The van der Waals surface area contributed by atoms with Crippen molar-refractivity contribution in [1.82, 2.24) is 0 Å². The lowest BCUT2D eigenvalue weighted by molar-refractivity contribution is 0.660. The average molecular weight is 740 g/mol. The van der Waals surface area contributed by atoms with Crippen LogP contribution in [0.2, 0.25) is 0 Å². The van der Waals surface area contributed by atoms with Crippen LogP contribution in [0.15, 0.2) is 212 Å². The van der Waals surface area contributed by atoms with Crippen LogP contribution in [0.1, 0.15) is 25.0 Å². The first-order valence-corrected chi connectivity index (χ1v) is 20.3. The third-order valence-corrected chi connectivity index (χ3v) is 12.4. The van der Waals surface area contributed by atoms with Crippen molar-refractivity contribution in [3.8, 4) is 44.5 Å². The fraction of sp³-hybridized carbons (Fsp3) is 0.0526. The summed E-state index contributed by atoms with van der Waals surface area (Å²) in [7, 11) is 0. The maximum absolute atomic E-state index is 2.50. The average Bonchev–Trinajstić information content (AvgIpc) is 3.52. The summed E-state index contributed by atoms with van der Waals surface area (Å²) in [4.78, 5) is 2.37. The van der Waals surface area contributed by atoms with Gasteiger partial charge in [-0.3, -0.25) is 0 Å². The topological polar surface area (TPSA) is 3.24 Å². The van der Waals surface area contributed by atoms with Crippen LogP contribution in [0, 0.1) is 0 Å². The summed E-state index contributed by atoms with van der Waals surface area (Å²) < 4.78 is 0. The quantitative estimate of drug-likeness (QED) is 0.154. The van der Waals surface area contributed by atoms with Gasteiger partial charge in [0.2, 0.25) is 0 Å². The third kappa shape index (κ3) is 5.31. The highest BCUT2D eigenvalue weighted by Gasteiger charge is 2.35. The number of nitrogens with zero attached hydrogens (tertiary/aromatic N) is 1. The Morgan fingerprint density at radius 3 is 1.52 bits per heavy atom. The van der Waals surface area contributed by atoms with Crippen LogP contribution in [0.25, 0.3) is 76.8 Å². The minimum Gasteiger partial charge on any atom is -0.310 e. The standard InChI is InChI=1S/C57H41N/c1-57(2)52-30-18-17-28-45(52)46-33-31-40(35-53(46)57)54-49(38-19-7-3-8-20-38)37-50(39-21-9-4-10-22-39)55-47-29-16-15-27-44(47)51-36-43(32-34-48(51)56(54)55)58(41-23-11-5-12-24-41)42-25-13-6-14-26-42/h3-37H,1-2H3. The molecule has 0 spiro atoms. The van der Waals surface area contributed by atoms with Gasteiger partial charge in [-0.1, -0.05) is 178 Å². The van der Waals surface area contributed by atoms with Gasteiger partial charge in [-0.15, -0.1) is 0 Å². The first-order chi connectivity index (χ1) is 28.6. The van der Waals surface area contributed by atoms with Gasteiger partial charge in [-0.05, 0) is 136 Å². The lowest BCUT2D eigenvalue weighted by Crippen LogP contribution is -2.14. The largest absolute Gasteiger partial charge is 0.310 e. The summed E-state index contributed by atoms with van der Waals surface area (Å²) in [5.74, 6) is 0. The molecule has 0 saturated heterocycles. The first kappa shape index (κ1) is 34.1. The zero-order valence-electron chi connectivity index (χ0n) is 32.7. The van der Waals surface area contributed by atoms with Crippen LogP contribution in [0.5, 0.6) is 0 Å². The van der Waals surface area contributed by atoms with Crippen molar-refractivity contribution in [3.05, 3.63) is 223 Å². The highest BCUT2D eigenvalue weighted by molar-refractivity contribution is 6.33. The summed E-state index contributed by atoms with van der Waals surface area (Å²) in [6.07, 6.45) is 0. The summed E-state index contributed by atoms with van der Waals surface area (Å²) in [5.41, 5.74) is 16.1. The number of fused-ring (bicyclic) bond motifs is 9. The van der Waals surface area contributed by atoms with E-state index < -0.39 is 0 Å². The van der Waals surface area contributed by atoms with Crippen molar-refractivity contribution in [3.63, 3.8) is 0 Å². The number of rotatable bonds is 6. The van der Waals surface area contributed by atoms with Gasteiger partial charge >= 0.3 is 0 Å². The van der Waals surface area contributed by atoms with Crippen molar-refractivity contribution in [1.29, 1.82) is 0 Å². The fourth-order valence-electron chi connectivity index (χ4n) is 9.73. The number of hydrogen-bond acceptors (Lipinski definition) is 1. The van der Waals surface area contributed by atoms with Gasteiger partial charge < -0.3 is 4.90 Å². The Balaban J connectivity index is 1.30. The molecule has 0 N–H and O–H groups in total. The predicted octanol–water partition coefficient (Wildman–Crippen LogP) is 15.9. The van der Waals surface area contributed by atoms with E-state index in [2.05, 4.69) is 231 Å². The third-order valence-electron chi connectivity index (χ3n) is 12.4. The molecule has 274 valence electrons. The molecule has 0 fully saturated rings. The molecule has 1 aliphatic carbocycles. The lowest BCUT2D eigenvalue weighted by Gasteiger charge is -2.27. The molecule has 1 aliphatic rings. The second-order valence-corrected chi connectivity index (χ2v) is 16.0. The Hall–Kier alpha value is -7.22. The van der Waals surface area contributed by atoms with E-state index in [0.717, 1.165) is 17.1 Å². The zero-order chi connectivity index (χ0) is 38.8. The molecular formula is C57H41N. The van der Waals surface area contributed by atoms with E-state index in [1.807, 2.05) is 0 Å². The molecule has 0 radical (unpaired) electrons. The van der Waals surface area contributed by atoms with Gasteiger partial charge in [0.15, 0.2) is 0 Å². The van der Waals surface area contributed by atoms with E-state index in [1.165, 1.54) is 88.0 Å². The molecule has 11 rings (SSSR count). The molecule has 0 amide bonds. The summed E-state index contributed by atoms with van der Waals surface area (Å²) in [6, 6.07) is 78.2. The molecule has 0 bridgehead atoms. The van der Waals surface area contributed by atoms with Gasteiger partial charge in [-0.25, -0.2) is 0 Å². The van der Waals surface area contributed by atoms with Crippen LogP contribution in [-0.2, 0) is 5.41 Å². The van der Waals surface area contributed by atoms with Crippen LogP contribution in [0.3, 0.4) is 0 Å². The van der Waals surface area contributed by atoms with E-state index in [0.29, 0.717) is 0 Å². The summed E-state index contributed by atoms with van der Waals surface area (Å²) in [5, 5.41) is 7.53. The second-order valence-electron chi connectivity index (χ2n) is 16.0. The Bertz CT molecular complexity index is 3130. The fourth-order valence-corrected chi connectivity index (χ4v) is 9.73. The summed E-state index contributed by atoms with van der Waals surface area (Å²) in [6.45, 7) is 4.76. The molecule has 0 atom stereocenters. The van der Waals surface area contributed by atoms with E-state index in [-0.39, 0.29) is 5.41 Å². The zero-order valence-corrected chi connectivity index (χ0v) is 32.7. The number of benzene rings is 10. The molecule has 0 heterocycles. The van der Waals surface area contributed by atoms with Crippen molar-refractivity contribution in [2.45, 2.75) is 19.3 Å². The smallest absolute Gasteiger partial charge is 0.0468 e. The molecule has 0 saturated carbocycles. The number of hydrogen-bond donors (Lipinski definition) is 0. The normalized spacial score (nSPS) is 12.8. The molecule has 1 nitrogen and oxygen atoms in total. The molecule has 0 unspecified atom stereocenters. The number of para-hydroxylation sites is 2. The van der Waals surface area contributed by atoms with Crippen LogP contribution in [-0.4, -0.2) is 0 Å². The highest BCUT2D eigenvalue weighted by Crippen LogP contribution is 2.53. The molecule has 0 aliphatic heterocycles. The monoisotopic (exact) mass is 739 g/mol. The van der Waals surface area contributed by atoms with Gasteiger partial charge in [-0.2, -0.15) is 0 Å². The van der Waals surface area contributed by atoms with Crippen molar-refractivity contribution >= 4 is 49.4 Å². The van der Waals surface area contributed by atoms with Crippen molar-refractivity contribution in [2.75, 3.05) is 4.90 Å². The van der Waals surface area contributed by atoms with E-state index in [9.17, 15) is 0 Å². The minimum absolute atomic E-state index is 0.128. The predicted molar refractivity (Wildman–Crippen MR) is 248 cm³/mol. The van der Waals surface area contributed by atoms with Crippen LogP contribution >= 0.6 is 0 Å². The molecule has 0 aromatic heterocycles. The second kappa shape index (κ2) is 13.5. The van der Waals surface area contributed by atoms with Gasteiger partial charge in [0, 0.05) is 22.5 Å². The SMILES string of the molecule is CC1(C)c2ccccc2-c2ccc(-c3c(-c4ccccc4)cc(-c4ccccc4)c4c5ccccc5c5cc(N(c6ccccc6)c6ccccc6)ccc5c34)cc21. The van der Waals surface area contributed by atoms with Crippen LogP contribution in [0.4, 0.5) is 17.1 Å². The Morgan fingerprint density at radius 1 is 0.310 bits per heavy atom. The van der Waals surface area contributed by atoms with Gasteiger partial charge in [0.25, 0.3) is 0 Å². The van der Waals surface area contributed by atoms with E-state index >= 15 is 0 Å². The highest BCUT2D eigenvalue weighted by atomic mass is 15.1. The van der Waals surface area contributed by atoms with Crippen LogP contribution < -0.4 is 4.90 Å². The Labute approximate surface area is 340 Å². The van der Waals surface area contributed by atoms with Gasteiger partial charge in [0.05, 0.1) is 0 Å². The Morgan fingerprint density at radius 2 is 0.845 bits per heavy atom. The molecule has 10 aromatic carbocycles. The molecular weight excluding hydrogens is 699 g/mol. The first-order valence-electron chi connectivity index (χ1n) is 20.3. The molecule has 58 heavy (non-hydrogen) atoms. The van der Waals surface area contributed by atoms with E-state index in [1.54, 1.807) is 0 Å². The maximum Gasteiger partial charge on any atom is 0.0468 e.